The molecule has 6 heteroatoms. The van der Waals surface area contributed by atoms with Gasteiger partial charge >= 0.3 is 0 Å². The minimum Gasteiger partial charge on any atom is -0.382 e. The molecular weight excluding hydrogens is 192 g/mol. The Morgan fingerprint density at radius 2 is 2.27 bits per heavy atom. The van der Waals surface area contributed by atoms with Crippen LogP contribution in [-0.4, -0.2) is 33.1 Å². The van der Waals surface area contributed by atoms with Gasteiger partial charge in [0.2, 0.25) is 0 Å². The number of rotatable bonds is 4. The molecule has 15 heavy (non-hydrogen) atoms. The first kappa shape index (κ1) is 9.85. The van der Waals surface area contributed by atoms with Crippen molar-refractivity contribution >= 4 is 17.0 Å². The normalized spacial score (nSPS) is 11.0. The van der Waals surface area contributed by atoms with Gasteiger partial charge in [0, 0.05) is 6.54 Å². The zero-order valence-electron chi connectivity index (χ0n) is 8.64. The van der Waals surface area contributed by atoms with Crippen molar-refractivity contribution in [3.8, 4) is 0 Å². The highest BCUT2D eigenvalue weighted by Crippen LogP contribution is 2.13. The van der Waals surface area contributed by atoms with Crippen LogP contribution >= 0.6 is 0 Å². The summed E-state index contributed by atoms with van der Waals surface area (Å²) in [5.74, 6) is 0.437. The molecule has 0 aliphatic heterocycles. The Bertz CT molecular complexity index is 449. The number of imidazole rings is 1. The molecule has 0 aliphatic carbocycles. The Morgan fingerprint density at radius 1 is 1.40 bits per heavy atom. The number of anilines is 1. The summed E-state index contributed by atoms with van der Waals surface area (Å²) in [6, 6.07) is 0. The molecule has 80 valence electrons. The van der Waals surface area contributed by atoms with E-state index in [4.69, 9.17) is 5.73 Å². The molecular formula is C9H14N6. The molecule has 0 unspecified atom stereocenters. The molecule has 0 aromatic carbocycles. The molecule has 0 saturated heterocycles. The van der Waals surface area contributed by atoms with E-state index in [-0.39, 0.29) is 0 Å². The van der Waals surface area contributed by atoms with Crippen molar-refractivity contribution in [1.29, 1.82) is 0 Å². The second kappa shape index (κ2) is 4.22. The zero-order chi connectivity index (χ0) is 10.7. The number of hydrogen-bond acceptors (Lipinski definition) is 5. The molecule has 0 radical (unpaired) electrons. The van der Waals surface area contributed by atoms with E-state index in [1.807, 2.05) is 11.6 Å². The van der Waals surface area contributed by atoms with E-state index in [0.717, 1.165) is 25.2 Å². The summed E-state index contributed by atoms with van der Waals surface area (Å²) in [7, 11) is 1.94. The fourth-order valence-electron chi connectivity index (χ4n) is 1.49. The van der Waals surface area contributed by atoms with Crippen molar-refractivity contribution in [2.45, 2.75) is 13.0 Å². The quantitative estimate of drug-likeness (QED) is 0.689. The number of aromatic nitrogens is 4. The van der Waals surface area contributed by atoms with E-state index in [9.17, 15) is 0 Å². The average Bonchev–Trinajstić information content (AvgIpc) is 2.64. The SMILES string of the molecule is CNCCCn1cnc2c(N)ncnc21. The molecule has 0 atom stereocenters. The maximum atomic E-state index is 5.69. The highest BCUT2D eigenvalue weighted by molar-refractivity contribution is 5.80. The van der Waals surface area contributed by atoms with Gasteiger partial charge in [-0.3, -0.25) is 0 Å². The Labute approximate surface area is 87.5 Å². The minimum atomic E-state index is 0.437. The number of nitrogen functional groups attached to an aromatic ring is 1. The van der Waals surface area contributed by atoms with Crippen molar-refractivity contribution in [2.24, 2.45) is 0 Å². The Hall–Kier alpha value is -1.69. The number of nitrogens with two attached hydrogens (primary N) is 1. The van der Waals surface area contributed by atoms with E-state index in [1.165, 1.54) is 6.33 Å². The first-order valence-electron chi connectivity index (χ1n) is 4.89. The summed E-state index contributed by atoms with van der Waals surface area (Å²) in [6.45, 7) is 1.86. The summed E-state index contributed by atoms with van der Waals surface area (Å²) in [4.78, 5) is 12.3. The molecule has 0 aliphatic rings. The van der Waals surface area contributed by atoms with Crippen molar-refractivity contribution in [3.05, 3.63) is 12.7 Å². The van der Waals surface area contributed by atoms with Gasteiger partial charge in [-0.05, 0) is 20.0 Å². The monoisotopic (exact) mass is 206 g/mol. The van der Waals surface area contributed by atoms with Crippen LogP contribution in [0.3, 0.4) is 0 Å². The van der Waals surface area contributed by atoms with E-state index in [0.29, 0.717) is 11.3 Å². The van der Waals surface area contributed by atoms with Crippen LogP contribution in [0.4, 0.5) is 5.82 Å². The van der Waals surface area contributed by atoms with Gasteiger partial charge in [-0.2, -0.15) is 0 Å². The lowest BCUT2D eigenvalue weighted by atomic mass is 10.4. The highest BCUT2D eigenvalue weighted by Gasteiger charge is 2.06. The maximum Gasteiger partial charge on any atom is 0.165 e. The number of fused-ring (bicyclic) bond motifs is 1. The lowest BCUT2D eigenvalue weighted by Gasteiger charge is -2.02. The molecule has 0 bridgehead atoms. The molecule has 0 spiro atoms. The minimum absolute atomic E-state index is 0.437. The summed E-state index contributed by atoms with van der Waals surface area (Å²) in [6.07, 6.45) is 4.26. The van der Waals surface area contributed by atoms with Crippen LogP contribution in [0.25, 0.3) is 11.2 Å². The van der Waals surface area contributed by atoms with Crippen molar-refractivity contribution in [1.82, 2.24) is 24.8 Å². The second-order valence-electron chi connectivity index (χ2n) is 3.33. The van der Waals surface area contributed by atoms with Crippen LogP contribution in [0.2, 0.25) is 0 Å². The smallest absolute Gasteiger partial charge is 0.165 e. The van der Waals surface area contributed by atoms with Crippen LogP contribution in [-0.2, 0) is 6.54 Å². The first-order valence-corrected chi connectivity index (χ1v) is 4.89. The lowest BCUT2D eigenvalue weighted by Crippen LogP contribution is -2.10. The van der Waals surface area contributed by atoms with Crippen molar-refractivity contribution in [2.75, 3.05) is 19.3 Å². The Kier molecular flexibility index (Phi) is 2.77. The number of aryl methyl sites for hydroxylation is 1. The van der Waals surface area contributed by atoms with Crippen molar-refractivity contribution in [3.63, 3.8) is 0 Å². The van der Waals surface area contributed by atoms with Gasteiger partial charge in [-0.15, -0.1) is 0 Å². The summed E-state index contributed by atoms with van der Waals surface area (Å²) in [5, 5.41) is 3.10. The van der Waals surface area contributed by atoms with Crippen LogP contribution in [0.1, 0.15) is 6.42 Å². The molecule has 0 amide bonds. The van der Waals surface area contributed by atoms with Crippen molar-refractivity contribution < 1.29 is 0 Å². The van der Waals surface area contributed by atoms with Crippen LogP contribution < -0.4 is 11.1 Å². The topological polar surface area (TPSA) is 81.7 Å². The molecule has 2 aromatic heterocycles. The second-order valence-corrected chi connectivity index (χ2v) is 3.33. The molecule has 3 N–H and O–H groups in total. The Morgan fingerprint density at radius 3 is 3.07 bits per heavy atom. The van der Waals surface area contributed by atoms with E-state index in [1.54, 1.807) is 6.33 Å². The highest BCUT2D eigenvalue weighted by atomic mass is 15.1. The predicted octanol–water partition coefficient (Wildman–Crippen LogP) is 0.0180. The summed E-state index contributed by atoms with van der Waals surface area (Å²) < 4.78 is 1.99. The van der Waals surface area contributed by atoms with Gasteiger partial charge in [-0.1, -0.05) is 0 Å². The molecule has 0 saturated carbocycles. The molecule has 2 aromatic rings. The number of nitrogens with one attached hydrogen (secondary N) is 1. The van der Waals surface area contributed by atoms with Gasteiger partial charge in [0.15, 0.2) is 11.5 Å². The van der Waals surface area contributed by atoms with E-state index < -0.39 is 0 Å². The molecule has 2 rings (SSSR count). The molecule has 6 nitrogen and oxygen atoms in total. The van der Waals surface area contributed by atoms with Gasteiger partial charge in [0.25, 0.3) is 0 Å². The van der Waals surface area contributed by atoms with Gasteiger partial charge in [0.05, 0.1) is 6.33 Å². The average molecular weight is 206 g/mol. The zero-order valence-corrected chi connectivity index (χ0v) is 8.64. The first-order chi connectivity index (χ1) is 7.33. The maximum absolute atomic E-state index is 5.69. The summed E-state index contributed by atoms with van der Waals surface area (Å²) >= 11 is 0. The van der Waals surface area contributed by atoms with Gasteiger partial charge < -0.3 is 15.6 Å². The van der Waals surface area contributed by atoms with Gasteiger partial charge in [-0.25, -0.2) is 15.0 Å². The third-order valence-electron chi connectivity index (χ3n) is 2.26. The number of nitrogens with zero attached hydrogens (tertiary/aromatic N) is 4. The fourth-order valence-corrected chi connectivity index (χ4v) is 1.49. The standard InChI is InChI=1S/C9H14N6/c1-11-3-2-4-15-6-14-7-8(10)12-5-13-9(7)15/h5-6,11H,2-4H2,1H3,(H2,10,12,13). The summed E-state index contributed by atoms with van der Waals surface area (Å²) in [5.41, 5.74) is 7.17. The number of hydrogen-bond donors (Lipinski definition) is 2. The third-order valence-corrected chi connectivity index (χ3v) is 2.26. The van der Waals surface area contributed by atoms with Crippen LogP contribution in [0.15, 0.2) is 12.7 Å². The largest absolute Gasteiger partial charge is 0.382 e. The fraction of sp³-hybridized carbons (Fsp3) is 0.444. The van der Waals surface area contributed by atoms with E-state index >= 15 is 0 Å². The predicted molar refractivity (Wildman–Crippen MR) is 58.3 cm³/mol. The third kappa shape index (κ3) is 1.89. The van der Waals surface area contributed by atoms with Crippen LogP contribution in [0, 0.1) is 0 Å². The molecule has 0 fully saturated rings. The van der Waals surface area contributed by atoms with E-state index in [2.05, 4.69) is 20.3 Å². The Balaban J connectivity index is 2.25. The van der Waals surface area contributed by atoms with Crippen LogP contribution in [0.5, 0.6) is 0 Å². The van der Waals surface area contributed by atoms with Gasteiger partial charge in [0.1, 0.15) is 11.8 Å². The lowest BCUT2D eigenvalue weighted by molar-refractivity contribution is 0.621. The molecule has 2 heterocycles.